The van der Waals surface area contributed by atoms with Gasteiger partial charge in [0, 0.05) is 18.2 Å². The summed E-state index contributed by atoms with van der Waals surface area (Å²) in [7, 11) is 1.62. The average molecular weight is 522 g/mol. The Bertz CT molecular complexity index is 1560. The summed E-state index contributed by atoms with van der Waals surface area (Å²) in [5.41, 5.74) is 3.30. The van der Waals surface area contributed by atoms with Crippen LogP contribution >= 0.6 is 0 Å². The van der Waals surface area contributed by atoms with Crippen molar-refractivity contribution in [2.45, 2.75) is 33.0 Å². The van der Waals surface area contributed by atoms with Crippen molar-refractivity contribution in [2.75, 3.05) is 7.11 Å². The number of carbonyl (C=O) groups excluding carboxylic acids is 1. The molecule has 0 aliphatic heterocycles. The molecular weight excluding hydrogens is 490 g/mol. The Morgan fingerprint density at radius 1 is 0.872 bits per heavy atom. The largest absolute Gasteiger partial charge is 0.493 e. The van der Waals surface area contributed by atoms with Gasteiger partial charge in [0.15, 0.2) is 11.5 Å². The number of amides is 1. The number of hydrogen-bond donors (Lipinski definition) is 1. The minimum Gasteiger partial charge on any atom is -0.493 e. The Hall–Kier alpha value is -4.78. The van der Waals surface area contributed by atoms with Gasteiger partial charge in [-0.3, -0.25) is 4.79 Å². The number of fused-ring (bicyclic) bond motifs is 1. The van der Waals surface area contributed by atoms with Crippen molar-refractivity contribution in [1.29, 1.82) is 0 Å². The fraction of sp³-hybridized carbons (Fsp3) is 0.188. The van der Waals surface area contributed by atoms with Crippen molar-refractivity contribution in [3.05, 3.63) is 114 Å². The van der Waals surface area contributed by atoms with Crippen LogP contribution in [-0.2, 0) is 13.2 Å². The third-order valence-electron chi connectivity index (χ3n) is 6.18. The molecule has 0 spiro atoms. The molecule has 0 fully saturated rings. The molecule has 0 bridgehead atoms. The van der Waals surface area contributed by atoms with E-state index < -0.39 is 0 Å². The zero-order valence-corrected chi connectivity index (χ0v) is 22.3. The van der Waals surface area contributed by atoms with E-state index >= 15 is 0 Å². The Labute approximate surface area is 228 Å². The first kappa shape index (κ1) is 25.9. The Kier molecular flexibility index (Phi) is 7.78. The molecule has 0 radical (unpaired) electrons. The number of nitrogens with one attached hydrogen (secondary N) is 1. The topological polar surface area (TPSA) is 74.6 Å². The quantitative estimate of drug-likeness (QED) is 0.224. The van der Waals surface area contributed by atoms with Crippen LogP contribution in [0.15, 0.2) is 97.1 Å². The molecule has 1 amide bonds. The van der Waals surface area contributed by atoms with Crippen LogP contribution in [0.2, 0.25) is 0 Å². The number of aromatic nitrogens is 2. The molecule has 7 nitrogen and oxygen atoms in total. The molecule has 1 heterocycles. The first-order valence-electron chi connectivity index (χ1n) is 12.9. The maximum absolute atomic E-state index is 12.6. The molecule has 0 saturated carbocycles. The Morgan fingerprint density at radius 2 is 1.56 bits per heavy atom. The molecule has 5 aromatic rings. The number of imidazole rings is 1. The van der Waals surface area contributed by atoms with Crippen LogP contribution in [0.25, 0.3) is 11.0 Å². The molecule has 0 aliphatic rings. The van der Waals surface area contributed by atoms with Crippen LogP contribution in [0, 0.1) is 0 Å². The molecule has 1 N–H and O–H groups in total. The standard InChI is InChI=1S/C32H31N3O4/c1-22(2)33-32(36)24-15-18-28-27(19-24)34-31(21-38-30-12-8-7-11-29(30)37-3)35(28)20-23-13-16-26(17-14-23)39-25-9-5-4-6-10-25/h4-19,22H,20-21H2,1-3H3,(H,33,36). The van der Waals surface area contributed by atoms with Gasteiger partial charge in [-0.25, -0.2) is 4.98 Å². The van der Waals surface area contributed by atoms with Gasteiger partial charge in [-0.15, -0.1) is 0 Å². The van der Waals surface area contributed by atoms with Gasteiger partial charge in [-0.05, 0) is 74.0 Å². The zero-order valence-electron chi connectivity index (χ0n) is 22.3. The van der Waals surface area contributed by atoms with E-state index in [1.807, 2.05) is 111 Å². The highest BCUT2D eigenvalue weighted by molar-refractivity contribution is 5.97. The van der Waals surface area contributed by atoms with E-state index in [0.29, 0.717) is 23.6 Å². The van der Waals surface area contributed by atoms with Crippen LogP contribution in [0.1, 0.15) is 35.6 Å². The van der Waals surface area contributed by atoms with Crippen molar-refractivity contribution < 1.29 is 19.0 Å². The number of para-hydroxylation sites is 3. The predicted octanol–water partition coefficient (Wildman–Crippen LogP) is 6.60. The van der Waals surface area contributed by atoms with Crippen LogP contribution in [0.3, 0.4) is 0 Å². The van der Waals surface area contributed by atoms with E-state index in [0.717, 1.165) is 33.9 Å². The molecule has 0 saturated heterocycles. The first-order valence-corrected chi connectivity index (χ1v) is 12.9. The normalized spacial score (nSPS) is 11.0. The number of benzene rings is 4. The van der Waals surface area contributed by atoms with Gasteiger partial charge in [0.25, 0.3) is 5.91 Å². The SMILES string of the molecule is COc1ccccc1OCc1nc2cc(C(=O)NC(C)C)ccc2n1Cc1ccc(Oc2ccccc2)cc1. The van der Waals surface area contributed by atoms with E-state index in [9.17, 15) is 4.79 Å². The molecule has 39 heavy (non-hydrogen) atoms. The lowest BCUT2D eigenvalue weighted by atomic mass is 10.1. The lowest BCUT2D eigenvalue weighted by Gasteiger charge is -2.13. The Balaban J connectivity index is 1.44. The van der Waals surface area contributed by atoms with Crippen molar-refractivity contribution >= 4 is 16.9 Å². The summed E-state index contributed by atoms with van der Waals surface area (Å²) in [6.45, 7) is 4.69. The van der Waals surface area contributed by atoms with E-state index in [1.54, 1.807) is 7.11 Å². The summed E-state index contributed by atoms with van der Waals surface area (Å²) >= 11 is 0. The average Bonchev–Trinajstić information content (AvgIpc) is 3.29. The highest BCUT2D eigenvalue weighted by atomic mass is 16.5. The summed E-state index contributed by atoms with van der Waals surface area (Å²) < 4.78 is 19.6. The van der Waals surface area contributed by atoms with Crippen LogP contribution in [0.4, 0.5) is 0 Å². The summed E-state index contributed by atoms with van der Waals surface area (Å²) in [4.78, 5) is 17.5. The second-order valence-corrected chi connectivity index (χ2v) is 9.44. The van der Waals surface area contributed by atoms with E-state index in [4.69, 9.17) is 19.2 Å². The number of ether oxygens (including phenoxy) is 3. The van der Waals surface area contributed by atoms with Gasteiger partial charge in [-0.2, -0.15) is 0 Å². The van der Waals surface area contributed by atoms with Crippen molar-refractivity contribution in [3.8, 4) is 23.0 Å². The van der Waals surface area contributed by atoms with Gasteiger partial charge in [-0.1, -0.05) is 42.5 Å². The van der Waals surface area contributed by atoms with Crippen molar-refractivity contribution in [2.24, 2.45) is 0 Å². The molecule has 4 aromatic carbocycles. The number of methoxy groups -OCH3 is 1. The summed E-state index contributed by atoms with van der Waals surface area (Å²) in [6, 6.07) is 30.9. The first-order chi connectivity index (χ1) is 19.0. The Morgan fingerprint density at radius 3 is 2.28 bits per heavy atom. The minimum absolute atomic E-state index is 0.0458. The van der Waals surface area contributed by atoms with Crippen LogP contribution < -0.4 is 19.5 Å². The zero-order chi connectivity index (χ0) is 27.2. The molecule has 0 aliphatic carbocycles. The summed E-state index contributed by atoms with van der Waals surface area (Å²) in [5.74, 6) is 3.46. The molecule has 1 aromatic heterocycles. The molecule has 5 rings (SSSR count). The summed E-state index contributed by atoms with van der Waals surface area (Å²) in [5, 5.41) is 2.94. The van der Waals surface area contributed by atoms with Gasteiger partial charge < -0.3 is 24.1 Å². The maximum atomic E-state index is 12.6. The molecule has 0 atom stereocenters. The monoisotopic (exact) mass is 521 g/mol. The van der Waals surface area contributed by atoms with Crippen LogP contribution in [0.5, 0.6) is 23.0 Å². The van der Waals surface area contributed by atoms with Gasteiger partial charge in [0.1, 0.15) is 23.9 Å². The van der Waals surface area contributed by atoms with E-state index in [-0.39, 0.29) is 18.6 Å². The van der Waals surface area contributed by atoms with Gasteiger partial charge >= 0.3 is 0 Å². The number of hydrogen-bond acceptors (Lipinski definition) is 5. The fourth-order valence-electron chi connectivity index (χ4n) is 4.30. The molecule has 0 unspecified atom stereocenters. The molecular formula is C32H31N3O4. The van der Waals surface area contributed by atoms with Crippen molar-refractivity contribution in [3.63, 3.8) is 0 Å². The van der Waals surface area contributed by atoms with Crippen molar-refractivity contribution in [1.82, 2.24) is 14.9 Å². The van der Waals surface area contributed by atoms with Crippen LogP contribution in [-0.4, -0.2) is 28.6 Å². The second kappa shape index (κ2) is 11.7. The fourth-order valence-corrected chi connectivity index (χ4v) is 4.30. The number of nitrogens with zero attached hydrogens (tertiary/aromatic N) is 2. The highest BCUT2D eigenvalue weighted by Gasteiger charge is 2.16. The lowest BCUT2D eigenvalue weighted by Crippen LogP contribution is -2.29. The maximum Gasteiger partial charge on any atom is 0.251 e. The summed E-state index contributed by atoms with van der Waals surface area (Å²) in [6.07, 6.45) is 0. The van der Waals surface area contributed by atoms with E-state index in [2.05, 4.69) is 9.88 Å². The third-order valence-corrected chi connectivity index (χ3v) is 6.18. The van der Waals surface area contributed by atoms with Gasteiger partial charge in [0.05, 0.1) is 18.1 Å². The lowest BCUT2D eigenvalue weighted by molar-refractivity contribution is 0.0943. The minimum atomic E-state index is -0.123. The molecule has 198 valence electrons. The van der Waals surface area contributed by atoms with E-state index in [1.165, 1.54) is 0 Å². The molecule has 7 heteroatoms. The highest BCUT2D eigenvalue weighted by Crippen LogP contribution is 2.28. The second-order valence-electron chi connectivity index (χ2n) is 9.44. The third kappa shape index (κ3) is 6.21. The number of carbonyl (C=O) groups is 1. The number of rotatable bonds is 10. The predicted molar refractivity (Wildman–Crippen MR) is 152 cm³/mol. The smallest absolute Gasteiger partial charge is 0.251 e. The van der Waals surface area contributed by atoms with Gasteiger partial charge in [0.2, 0.25) is 0 Å².